The number of hydrogen-bond acceptors (Lipinski definition) is 6. The van der Waals surface area contributed by atoms with Gasteiger partial charge in [0.15, 0.2) is 5.82 Å². The summed E-state index contributed by atoms with van der Waals surface area (Å²) in [6, 6.07) is 5.51. The van der Waals surface area contributed by atoms with E-state index >= 15 is 0 Å². The fraction of sp³-hybridized carbons (Fsp3) is 0.308. The molecule has 0 saturated carbocycles. The molecule has 1 fully saturated rings. The number of aromatic nitrogens is 4. The van der Waals surface area contributed by atoms with Crippen molar-refractivity contribution >= 4 is 33.6 Å². The summed E-state index contributed by atoms with van der Waals surface area (Å²) in [5.41, 5.74) is 7.23. The Morgan fingerprint density at radius 1 is 1.38 bits per heavy atom. The maximum Gasteiger partial charge on any atom is 0.234 e. The van der Waals surface area contributed by atoms with Gasteiger partial charge in [-0.3, -0.25) is 0 Å². The Labute approximate surface area is 129 Å². The molecule has 1 atom stereocenters. The van der Waals surface area contributed by atoms with Gasteiger partial charge in [-0.15, -0.1) is 10.2 Å². The molecule has 3 aromatic rings. The summed E-state index contributed by atoms with van der Waals surface area (Å²) in [7, 11) is 0. The molecule has 1 aliphatic rings. The maximum atomic E-state index is 6.07. The van der Waals surface area contributed by atoms with Gasteiger partial charge in [-0.25, -0.2) is 0 Å². The van der Waals surface area contributed by atoms with Gasteiger partial charge >= 0.3 is 0 Å². The van der Waals surface area contributed by atoms with Gasteiger partial charge in [0.1, 0.15) is 5.01 Å². The van der Waals surface area contributed by atoms with Gasteiger partial charge in [0.2, 0.25) is 4.96 Å². The van der Waals surface area contributed by atoms with E-state index in [9.17, 15) is 0 Å². The number of nitrogen functional groups attached to an aromatic ring is 1. The molecule has 0 amide bonds. The third-order valence-electron chi connectivity index (χ3n) is 3.56. The zero-order valence-corrected chi connectivity index (χ0v) is 12.6. The third-order valence-corrected chi connectivity index (χ3v) is 4.83. The first kappa shape index (κ1) is 13.0. The van der Waals surface area contributed by atoms with Crippen molar-refractivity contribution in [3.8, 4) is 10.6 Å². The highest BCUT2D eigenvalue weighted by Gasteiger charge is 2.25. The van der Waals surface area contributed by atoms with E-state index in [0.717, 1.165) is 34.4 Å². The van der Waals surface area contributed by atoms with E-state index in [2.05, 4.69) is 15.3 Å². The molecule has 0 spiro atoms. The van der Waals surface area contributed by atoms with E-state index in [1.165, 1.54) is 11.3 Å². The fourth-order valence-corrected chi connectivity index (χ4v) is 3.42. The number of fused-ring (bicyclic) bond motifs is 1. The quantitative estimate of drug-likeness (QED) is 0.734. The topological polar surface area (TPSA) is 78.3 Å². The Morgan fingerprint density at radius 3 is 3.05 bits per heavy atom. The number of nitrogens with two attached hydrogens (primary N) is 1. The molecule has 8 heteroatoms. The number of hydrogen-bond donors (Lipinski definition) is 1. The van der Waals surface area contributed by atoms with Crippen LogP contribution in [0.1, 0.15) is 18.2 Å². The molecule has 2 N–H and O–H groups in total. The summed E-state index contributed by atoms with van der Waals surface area (Å²) in [5, 5.41) is 14.4. The second-order valence-electron chi connectivity index (χ2n) is 4.96. The van der Waals surface area contributed by atoms with Gasteiger partial charge in [-0.05, 0) is 24.6 Å². The normalized spacial score (nSPS) is 18.6. The fourth-order valence-electron chi connectivity index (χ4n) is 2.40. The molecule has 1 unspecified atom stereocenters. The van der Waals surface area contributed by atoms with Crippen molar-refractivity contribution in [3.05, 3.63) is 29.0 Å². The Hall–Kier alpha value is -1.70. The molecule has 0 aliphatic carbocycles. The Balaban J connectivity index is 1.78. The molecule has 0 radical (unpaired) electrons. The maximum absolute atomic E-state index is 6.07. The predicted molar refractivity (Wildman–Crippen MR) is 81.7 cm³/mol. The lowest BCUT2D eigenvalue weighted by atomic mass is 10.1. The van der Waals surface area contributed by atoms with E-state index < -0.39 is 0 Å². The van der Waals surface area contributed by atoms with E-state index in [0.29, 0.717) is 17.3 Å². The summed E-state index contributed by atoms with van der Waals surface area (Å²) in [6.45, 7) is 1.45. The van der Waals surface area contributed by atoms with Crippen molar-refractivity contribution in [1.29, 1.82) is 0 Å². The minimum atomic E-state index is 0.268. The smallest absolute Gasteiger partial charge is 0.234 e. The number of ether oxygens (including phenoxy) is 1. The predicted octanol–water partition coefficient (Wildman–Crippen LogP) is 2.59. The van der Waals surface area contributed by atoms with E-state index in [1.807, 2.05) is 16.6 Å². The number of halogens is 1. The molecular formula is C13H12ClN5OS. The van der Waals surface area contributed by atoms with Gasteiger partial charge in [0, 0.05) is 18.1 Å². The molecule has 2 aromatic heterocycles. The van der Waals surface area contributed by atoms with Crippen LogP contribution in [-0.4, -0.2) is 33.0 Å². The Morgan fingerprint density at radius 2 is 2.29 bits per heavy atom. The first-order chi connectivity index (χ1) is 10.2. The van der Waals surface area contributed by atoms with Crippen LogP contribution in [0.3, 0.4) is 0 Å². The van der Waals surface area contributed by atoms with E-state index in [1.54, 1.807) is 6.07 Å². The largest absolute Gasteiger partial charge is 0.398 e. The minimum absolute atomic E-state index is 0.268. The van der Waals surface area contributed by atoms with Crippen LogP contribution in [0.15, 0.2) is 18.2 Å². The van der Waals surface area contributed by atoms with E-state index in [-0.39, 0.29) is 5.92 Å². The van der Waals surface area contributed by atoms with Crippen LogP contribution in [0.2, 0.25) is 5.02 Å². The highest BCUT2D eigenvalue weighted by molar-refractivity contribution is 7.19. The van der Waals surface area contributed by atoms with Crippen molar-refractivity contribution in [2.75, 3.05) is 18.9 Å². The Kier molecular flexibility index (Phi) is 3.06. The monoisotopic (exact) mass is 321 g/mol. The van der Waals surface area contributed by atoms with Gasteiger partial charge in [-0.1, -0.05) is 22.9 Å². The number of anilines is 1. The molecule has 1 aromatic carbocycles. The van der Waals surface area contributed by atoms with Crippen LogP contribution in [0, 0.1) is 0 Å². The highest BCUT2D eigenvalue weighted by atomic mass is 35.5. The molecule has 3 heterocycles. The van der Waals surface area contributed by atoms with Gasteiger partial charge in [0.05, 0.1) is 17.3 Å². The molecule has 21 heavy (non-hydrogen) atoms. The molecule has 4 rings (SSSR count). The average Bonchev–Trinajstić information content (AvgIpc) is 3.16. The van der Waals surface area contributed by atoms with Crippen LogP contribution in [-0.2, 0) is 4.74 Å². The summed E-state index contributed by atoms with van der Waals surface area (Å²) in [4.78, 5) is 0.778. The number of nitrogens with zero attached hydrogens (tertiary/aromatic N) is 4. The van der Waals surface area contributed by atoms with Gasteiger partial charge < -0.3 is 10.5 Å². The summed E-state index contributed by atoms with van der Waals surface area (Å²) in [6.07, 6.45) is 0.960. The van der Waals surface area contributed by atoms with Crippen LogP contribution in [0.25, 0.3) is 15.5 Å². The van der Waals surface area contributed by atoms with Gasteiger partial charge in [-0.2, -0.15) is 9.61 Å². The summed E-state index contributed by atoms with van der Waals surface area (Å²) in [5.74, 6) is 1.14. The first-order valence-corrected chi connectivity index (χ1v) is 7.77. The summed E-state index contributed by atoms with van der Waals surface area (Å²) < 4.78 is 7.22. The molecule has 108 valence electrons. The first-order valence-electron chi connectivity index (χ1n) is 6.57. The molecule has 0 bridgehead atoms. The molecule has 6 nitrogen and oxygen atoms in total. The second-order valence-corrected chi connectivity index (χ2v) is 6.32. The highest BCUT2D eigenvalue weighted by Crippen LogP contribution is 2.32. The van der Waals surface area contributed by atoms with Crippen molar-refractivity contribution in [2.45, 2.75) is 12.3 Å². The van der Waals surface area contributed by atoms with Crippen molar-refractivity contribution in [2.24, 2.45) is 0 Å². The number of rotatable bonds is 2. The van der Waals surface area contributed by atoms with Crippen molar-refractivity contribution < 1.29 is 4.74 Å². The standard InChI is InChI=1S/C13H12ClN5OS/c14-9-5-7(1-2-10(9)15)12-18-19-11(8-3-4-20-6-8)16-17-13(19)21-12/h1-2,5,8H,3-4,6,15H2. The lowest BCUT2D eigenvalue weighted by Crippen LogP contribution is -2.04. The molecular weight excluding hydrogens is 310 g/mol. The van der Waals surface area contributed by atoms with Crippen LogP contribution >= 0.6 is 22.9 Å². The average molecular weight is 322 g/mol. The SMILES string of the molecule is Nc1ccc(-c2nn3c(C4CCOC4)nnc3s2)cc1Cl. The molecule has 1 saturated heterocycles. The van der Waals surface area contributed by atoms with Crippen LogP contribution in [0.4, 0.5) is 5.69 Å². The minimum Gasteiger partial charge on any atom is -0.398 e. The van der Waals surface area contributed by atoms with Crippen LogP contribution < -0.4 is 5.73 Å². The zero-order chi connectivity index (χ0) is 14.4. The van der Waals surface area contributed by atoms with Gasteiger partial charge in [0.25, 0.3) is 0 Å². The van der Waals surface area contributed by atoms with Crippen molar-refractivity contribution in [3.63, 3.8) is 0 Å². The lowest BCUT2D eigenvalue weighted by molar-refractivity contribution is 0.193. The van der Waals surface area contributed by atoms with Crippen LogP contribution in [0.5, 0.6) is 0 Å². The Bertz CT molecular complexity index is 808. The molecule has 1 aliphatic heterocycles. The zero-order valence-electron chi connectivity index (χ0n) is 11.0. The van der Waals surface area contributed by atoms with Crippen molar-refractivity contribution in [1.82, 2.24) is 19.8 Å². The van der Waals surface area contributed by atoms with E-state index in [4.69, 9.17) is 22.1 Å². The number of benzene rings is 1. The third kappa shape index (κ3) is 2.17. The summed E-state index contributed by atoms with van der Waals surface area (Å²) >= 11 is 7.55. The lowest BCUT2D eigenvalue weighted by Gasteiger charge is -2.02. The second kappa shape index (κ2) is 4.94.